The molecule has 2 amide bonds. The van der Waals surface area contributed by atoms with Crippen molar-refractivity contribution in [2.45, 2.75) is 6.54 Å². The molecule has 3 rings (SSSR count). The second-order valence-electron chi connectivity index (χ2n) is 5.78. The number of pyridine rings is 1. The van der Waals surface area contributed by atoms with Gasteiger partial charge >= 0.3 is 6.03 Å². The van der Waals surface area contributed by atoms with Crippen molar-refractivity contribution < 1.29 is 9.53 Å². The third-order valence-electron chi connectivity index (χ3n) is 4.22. The van der Waals surface area contributed by atoms with Gasteiger partial charge in [-0.25, -0.2) is 9.78 Å². The van der Waals surface area contributed by atoms with Gasteiger partial charge in [0.2, 0.25) is 0 Å². The normalized spacial score (nSPS) is 14.3. The number of aromatic nitrogens is 1. The Bertz CT molecular complexity index is 718. The molecule has 1 N–H and O–H groups in total. The fraction of sp³-hybridized carbons (Fsp3) is 0.333. The van der Waals surface area contributed by atoms with Gasteiger partial charge in [0, 0.05) is 49.5 Å². The second-order valence-corrected chi connectivity index (χ2v) is 6.21. The van der Waals surface area contributed by atoms with Crippen LogP contribution in [0.25, 0.3) is 0 Å². The molecule has 1 aliphatic heterocycles. The fourth-order valence-corrected chi connectivity index (χ4v) is 2.99. The molecule has 0 atom stereocenters. The molecule has 1 aromatic heterocycles. The van der Waals surface area contributed by atoms with Crippen LogP contribution < -0.4 is 15.0 Å². The van der Waals surface area contributed by atoms with E-state index in [2.05, 4.69) is 15.2 Å². The first-order valence-electron chi connectivity index (χ1n) is 8.18. The summed E-state index contributed by atoms with van der Waals surface area (Å²) in [6.07, 6.45) is 1.79. The lowest BCUT2D eigenvalue weighted by Gasteiger charge is -2.35. The van der Waals surface area contributed by atoms with Crippen LogP contribution in [0.3, 0.4) is 0 Å². The number of urea groups is 1. The molecule has 1 fully saturated rings. The largest absolute Gasteiger partial charge is 0.496 e. The van der Waals surface area contributed by atoms with E-state index in [9.17, 15) is 4.79 Å². The summed E-state index contributed by atoms with van der Waals surface area (Å²) < 4.78 is 5.30. The van der Waals surface area contributed by atoms with Crippen molar-refractivity contribution in [2.24, 2.45) is 0 Å². The summed E-state index contributed by atoms with van der Waals surface area (Å²) >= 11 is 5.96. The number of nitrogens with zero attached hydrogens (tertiary/aromatic N) is 3. The Morgan fingerprint density at radius 1 is 1.24 bits per heavy atom. The summed E-state index contributed by atoms with van der Waals surface area (Å²) in [6, 6.07) is 11.2. The van der Waals surface area contributed by atoms with E-state index in [0.29, 0.717) is 30.4 Å². The Morgan fingerprint density at radius 3 is 2.72 bits per heavy atom. The van der Waals surface area contributed by atoms with Crippen LogP contribution in [-0.4, -0.2) is 49.2 Å². The minimum absolute atomic E-state index is 0.0716. The monoisotopic (exact) mass is 360 g/mol. The molecule has 7 heteroatoms. The van der Waals surface area contributed by atoms with Crippen molar-refractivity contribution in [1.82, 2.24) is 15.2 Å². The Labute approximate surface area is 152 Å². The minimum atomic E-state index is -0.0716. The van der Waals surface area contributed by atoms with Gasteiger partial charge in [-0.1, -0.05) is 23.7 Å². The summed E-state index contributed by atoms with van der Waals surface area (Å²) in [4.78, 5) is 20.8. The number of hydrogen-bond acceptors (Lipinski definition) is 4. The number of hydrogen-bond donors (Lipinski definition) is 1. The molecule has 1 saturated heterocycles. The molecule has 1 aromatic carbocycles. The minimum Gasteiger partial charge on any atom is -0.496 e. The van der Waals surface area contributed by atoms with Gasteiger partial charge in [0.25, 0.3) is 0 Å². The van der Waals surface area contributed by atoms with Crippen LogP contribution >= 0.6 is 11.6 Å². The van der Waals surface area contributed by atoms with E-state index >= 15 is 0 Å². The molecule has 2 heterocycles. The summed E-state index contributed by atoms with van der Waals surface area (Å²) in [5.41, 5.74) is 0.896. The number of benzene rings is 1. The van der Waals surface area contributed by atoms with Gasteiger partial charge in [-0.15, -0.1) is 0 Å². The lowest BCUT2D eigenvalue weighted by Crippen LogP contribution is -2.51. The lowest BCUT2D eigenvalue weighted by atomic mass is 10.2. The molecular weight excluding hydrogens is 340 g/mol. The Morgan fingerprint density at radius 2 is 2.04 bits per heavy atom. The Balaban J connectivity index is 1.52. The predicted octanol–water partition coefficient (Wildman–Crippen LogP) is 2.78. The molecule has 0 spiro atoms. The number of nitrogens with one attached hydrogen (secondary N) is 1. The van der Waals surface area contributed by atoms with E-state index in [1.165, 1.54) is 0 Å². The molecule has 0 radical (unpaired) electrons. The number of carbonyl (C=O) groups excluding carboxylic acids is 1. The zero-order valence-corrected chi connectivity index (χ0v) is 14.9. The van der Waals surface area contributed by atoms with E-state index in [1.54, 1.807) is 25.4 Å². The van der Waals surface area contributed by atoms with Crippen LogP contribution in [0.5, 0.6) is 5.75 Å². The van der Waals surface area contributed by atoms with Crippen LogP contribution in [0.1, 0.15) is 5.56 Å². The molecular formula is C18H21ClN4O2. The van der Waals surface area contributed by atoms with Crippen molar-refractivity contribution in [3.05, 3.63) is 53.2 Å². The van der Waals surface area contributed by atoms with E-state index in [1.807, 2.05) is 29.2 Å². The zero-order valence-electron chi connectivity index (χ0n) is 14.1. The predicted molar refractivity (Wildman–Crippen MR) is 98.3 cm³/mol. The van der Waals surface area contributed by atoms with Gasteiger partial charge in [0.1, 0.15) is 11.6 Å². The van der Waals surface area contributed by atoms with Gasteiger partial charge in [-0.05, 0) is 24.3 Å². The number of halogens is 1. The number of anilines is 1. The first-order chi connectivity index (χ1) is 12.2. The van der Waals surface area contributed by atoms with Crippen molar-refractivity contribution in [1.29, 1.82) is 0 Å². The molecule has 1 aliphatic rings. The van der Waals surface area contributed by atoms with Gasteiger partial charge in [-0.3, -0.25) is 0 Å². The molecule has 0 unspecified atom stereocenters. The van der Waals surface area contributed by atoms with Gasteiger partial charge in [0.15, 0.2) is 0 Å². The summed E-state index contributed by atoms with van der Waals surface area (Å²) in [5, 5.41) is 3.56. The first kappa shape index (κ1) is 17.4. The second kappa shape index (κ2) is 8.07. The Kier molecular flexibility index (Phi) is 5.60. The molecule has 132 valence electrons. The Hall–Kier alpha value is -2.47. The molecule has 0 saturated carbocycles. The maximum Gasteiger partial charge on any atom is 0.317 e. The van der Waals surface area contributed by atoms with Crippen LogP contribution in [0.15, 0.2) is 42.6 Å². The van der Waals surface area contributed by atoms with Crippen molar-refractivity contribution in [2.75, 3.05) is 38.2 Å². The summed E-state index contributed by atoms with van der Waals surface area (Å²) in [5.74, 6) is 1.63. The number of rotatable bonds is 4. The van der Waals surface area contributed by atoms with E-state index < -0.39 is 0 Å². The molecule has 0 aliphatic carbocycles. The highest BCUT2D eigenvalue weighted by Gasteiger charge is 2.21. The number of carbonyl (C=O) groups is 1. The lowest BCUT2D eigenvalue weighted by molar-refractivity contribution is 0.193. The quantitative estimate of drug-likeness (QED) is 0.910. The number of piperazine rings is 1. The smallest absolute Gasteiger partial charge is 0.317 e. The van der Waals surface area contributed by atoms with Crippen molar-refractivity contribution in [3.63, 3.8) is 0 Å². The standard InChI is InChI=1S/C18H21ClN4O2/c1-25-16-12-15(19)6-5-14(16)13-21-18(24)23-10-8-22(9-11-23)17-4-2-3-7-20-17/h2-7,12H,8-11,13H2,1H3,(H,21,24). The highest BCUT2D eigenvalue weighted by Crippen LogP contribution is 2.23. The maximum atomic E-state index is 12.4. The number of methoxy groups -OCH3 is 1. The van der Waals surface area contributed by atoms with Crippen LogP contribution in [-0.2, 0) is 6.54 Å². The van der Waals surface area contributed by atoms with E-state index in [-0.39, 0.29) is 6.03 Å². The number of ether oxygens (including phenoxy) is 1. The van der Waals surface area contributed by atoms with Crippen LogP contribution in [0.4, 0.5) is 10.6 Å². The summed E-state index contributed by atoms with van der Waals surface area (Å²) in [7, 11) is 1.59. The van der Waals surface area contributed by atoms with E-state index in [0.717, 1.165) is 24.5 Å². The summed E-state index contributed by atoms with van der Waals surface area (Å²) in [6.45, 7) is 3.28. The van der Waals surface area contributed by atoms with E-state index in [4.69, 9.17) is 16.3 Å². The van der Waals surface area contributed by atoms with Crippen molar-refractivity contribution in [3.8, 4) is 5.75 Å². The van der Waals surface area contributed by atoms with Gasteiger partial charge < -0.3 is 19.9 Å². The fourth-order valence-electron chi connectivity index (χ4n) is 2.83. The maximum absolute atomic E-state index is 12.4. The molecule has 25 heavy (non-hydrogen) atoms. The average molecular weight is 361 g/mol. The van der Waals surface area contributed by atoms with Crippen LogP contribution in [0.2, 0.25) is 5.02 Å². The molecule has 6 nitrogen and oxygen atoms in total. The highest BCUT2D eigenvalue weighted by molar-refractivity contribution is 6.30. The van der Waals surface area contributed by atoms with Crippen LogP contribution in [0, 0.1) is 0 Å². The SMILES string of the molecule is COc1cc(Cl)ccc1CNC(=O)N1CCN(c2ccccn2)CC1. The topological polar surface area (TPSA) is 57.7 Å². The third-order valence-corrected chi connectivity index (χ3v) is 4.45. The van der Waals surface area contributed by atoms with Gasteiger partial charge in [-0.2, -0.15) is 0 Å². The average Bonchev–Trinajstić information content (AvgIpc) is 2.67. The third kappa shape index (κ3) is 4.33. The van der Waals surface area contributed by atoms with Crippen molar-refractivity contribution >= 4 is 23.4 Å². The highest BCUT2D eigenvalue weighted by atomic mass is 35.5. The molecule has 2 aromatic rings. The molecule has 0 bridgehead atoms. The zero-order chi connectivity index (χ0) is 17.6. The number of amides is 2. The first-order valence-corrected chi connectivity index (χ1v) is 8.56. The van der Waals surface area contributed by atoms with Gasteiger partial charge in [0.05, 0.1) is 7.11 Å².